The number of H-pyrrole nitrogens is 1. The molecule has 1 radical (unpaired) electrons. The Morgan fingerprint density at radius 2 is 1.77 bits per heavy atom. The monoisotopic (exact) mass is 276 g/mol. The van der Waals surface area contributed by atoms with Crippen molar-refractivity contribution in [3.63, 3.8) is 0 Å². The van der Waals surface area contributed by atoms with Crippen LogP contribution in [0.15, 0.2) is 29.1 Å². The van der Waals surface area contributed by atoms with E-state index in [-0.39, 0.29) is 47.4 Å². The Kier molecular flexibility index (Phi) is 7.69. The summed E-state index contributed by atoms with van der Waals surface area (Å²) in [5, 5.41) is 0.785. The van der Waals surface area contributed by atoms with Crippen molar-refractivity contribution in [1.29, 1.82) is 0 Å². The molecule has 6 heteroatoms. The van der Waals surface area contributed by atoms with Gasteiger partial charge in [-0.3, -0.25) is 9.17 Å². The Hall–Kier alpha value is 0.00948. The normalized spacial score (nSPS) is 8.00. The third-order valence-electron chi connectivity index (χ3n) is 1.39. The van der Waals surface area contributed by atoms with Crippen molar-refractivity contribution in [3.05, 3.63) is 34.6 Å². The summed E-state index contributed by atoms with van der Waals surface area (Å²) in [5.74, 6) is 0. The molecule has 0 fully saturated rings. The standard InChI is InChI=1S/C7H5NOS.2ClH.Mn/c9-7-5-3-1-2-4-6(5)10-8-7;;;/h1-4H,(H,8,9);2*1H;/q;;;+2/p-2. The molecular weight excluding hydrogens is 272 g/mol. The van der Waals surface area contributed by atoms with E-state index in [9.17, 15) is 4.79 Å². The van der Waals surface area contributed by atoms with Crippen molar-refractivity contribution in [1.82, 2.24) is 4.37 Å². The summed E-state index contributed by atoms with van der Waals surface area (Å²) >= 11 is 1.38. The molecule has 0 aliphatic heterocycles. The minimum absolute atomic E-state index is 0. The molecule has 71 valence electrons. The van der Waals surface area contributed by atoms with Crippen LogP contribution in [0.2, 0.25) is 0 Å². The van der Waals surface area contributed by atoms with Crippen LogP contribution >= 0.6 is 11.5 Å². The van der Waals surface area contributed by atoms with Crippen LogP contribution < -0.4 is 30.4 Å². The molecule has 13 heavy (non-hydrogen) atoms. The fraction of sp³-hybridized carbons (Fsp3) is 0. The maximum atomic E-state index is 10.9. The van der Waals surface area contributed by atoms with Crippen molar-refractivity contribution in [2.24, 2.45) is 0 Å². The molecular formula is C7H5Cl2MnNOS. The molecule has 1 aromatic carbocycles. The Balaban J connectivity index is 0. The fourth-order valence-electron chi connectivity index (χ4n) is 0.900. The van der Waals surface area contributed by atoms with Crippen LogP contribution in [0, 0.1) is 0 Å². The third-order valence-corrected chi connectivity index (χ3v) is 2.25. The van der Waals surface area contributed by atoms with Gasteiger partial charge in [0.2, 0.25) is 0 Å². The summed E-state index contributed by atoms with van der Waals surface area (Å²) in [6.45, 7) is 0. The molecule has 0 aliphatic carbocycles. The molecule has 0 amide bonds. The number of fused-ring (bicyclic) bond motifs is 1. The van der Waals surface area contributed by atoms with Gasteiger partial charge < -0.3 is 24.8 Å². The number of hydrogen-bond donors (Lipinski definition) is 1. The summed E-state index contributed by atoms with van der Waals surface area (Å²) in [7, 11) is 0. The number of nitrogens with one attached hydrogen (secondary N) is 1. The molecule has 1 heterocycles. The number of rotatable bonds is 0. The minimum Gasteiger partial charge on any atom is -1.00 e. The number of hydrogen-bond acceptors (Lipinski definition) is 2. The smallest absolute Gasteiger partial charge is 1.00 e. The summed E-state index contributed by atoms with van der Waals surface area (Å²) in [6, 6.07) is 7.54. The molecule has 0 spiro atoms. The van der Waals surface area contributed by atoms with Crippen molar-refractivity contribution in [2.45, 2.75) is 0 Å². The first-order valence-electron chi connectivity index (χ1n) is 2.94. The van der Waals surface area contributed by atoms with Crippen molar-refractivity contribution in [2.75, 3.05) is 0 Å². The maximum Gasteiger partial charge on any atom is 2.00 e. The summed E-state index contributed by atoms with van der Waals surface area (Å²) in [4.78, 5) is 10.9. The van der Waals surface area contributed by atoms with E-state index in [0.717, 1.165) is 10.1 Å². The maximum absolute atomic E-state index is 10.9. The van der Waals surface area contributed by atoms with Crippen LogP contribution in [-0.2, 0) is 17.1 Å². The Labute approximate surface area is 102 Å². The number of aromatic amines is 1. The average molecular weight is 277 g/mol. The number of benzene rings is 1. The predicted molar refractivity (Wildman–Crippen MR) is 42.4 cm³/mol. The molecule has 0 aliphatic rings. The first kappa shape index (κ1) is 15.5. The first-order chi connectivity index (χ1) is 4.88. The second kappa shape index (κ2) is 6.46. The molecule has 0 atom stereocenters. The van der Waals surface area contributed by atoms with Gasteiger partial charge in [0, 0.05) is 0 Å². The van der Waals surface area contributed by atoms with Crippen LogP contribution in [0.4, 0.5) is 0 Å². The van der Waals surface area contributed by atoms with Crippen LogP contribution in [0.3, 0.4) is 0 Å². The second-order valence-corrected chi connectivity index (χ2v) is 2.88. The second-order valence-electron chi connectivity index (χ2n) is 2.03. The topological polar surface area (TPSA) is 32.9 Å². The number of halogens is 2. The van der Waals surface area contributed by atoms with E-state index in [0.29, 0.717) is 0 Å². The van der Waals surface area contributed by atoms with Crippen LogP contribution in [0.1, 0.15) is 0 Å². The summed E-state index contributed by atoms with van der Waals surface area (Å²) < 4.78 is 3.68. The largest absolute Gasteiger partial charge is 2.00 e. The molecule has 1 N–H and O–H groups in total. The molecule has 0 bridgehead atoms. The molecule has 1 aromatic heterocycles. The quantitative estimate of drug-likeness (QED) is 0.485. The Bertz CT molecular complexity index is 414. The zero-order valence-corrected chi connectivity index (χ0v) is 9.77. The van der Waals surface area contributed by atoms with Gasteiger partial charge in [0.1, 0.15) is 0 Å². The van der Waals surface area contributed by atoms with Crippen molar-refractivity contribution in [3.8, 4) is 0 Å². The van der Waals surface area contributed by atoms with Crippen LogP contribution in [-0.4, -0.2) is 4.37 Å². The summed E-state index contributed by atoms with van der Waals surface area (Å²) in [6.07, 6.45) is 0. The van der Waals surface area contributed by atoms with E-state index in [2.05, 4.69) is 4.37 Å². The van der Waals surface area contributed by atoms with E-state index in [4.69, 9.17) is 0 Å². The predicted octanol–water partition coefficient (Wildman–Crippen LogP) is -4.40. The zero-order chi connectivity index (χ0) is 6.97. The van der Waals surface area contributed by atoms with Crippen LogP contribution in [0.25, 0.3) is 10.1 Å². The van der Waals surface area contributed by atoms with Gasteiger partial charge in [0.25, 0.3) is 5.56 Å². The molecule has 2 aromatic rings. The summed E-state index contributed by atoms with van der Waals surface area (Å²) in [5.41, 5.74) is 0.0144. The van der Waals surface area contributed by atoms with Crippen LogP contribution in [0.5, 0.6) is 0 Å². The van der Waals surface area contributed by atoms with E-state index >= 15 is 0 Å². The van der Waals surface area contributed by atoms with Gasteiger partial charge in [-0.05, 0) is 12.1 Å². The van der Waals surface area contributed by atoms with Crippen molar-refractivity contribution >= 4 is 21.6 Å². The van der Waals surface area contributed by atoms with Gasteiger partial charge in [0.05, 0.1) is 10.1 Å². The molecule has 0 saturated heterocycles. The Morgan fingerprint density at radius 3 is 2.38 bits per heavy atom. The van der Waals surface area contributed by atoms with Gasteiger partial charge in [-0.2, -0.15) is 0 Å². The number of aromatic nitrogens is 1. The van der Waals surface area contributed by atoms with E-state index < -0.39 is 0 Å². The first-order valence-corrected chi connectivity index (χ1v) is 3.76. The Morgan fingerprint density at radius 1 is 1.15 bits per heavy atom. The van der Waals surface area contributed by atoms with Crippen molar-refractivity contribution < 1.29 is 41.9 Å². The van der Waals surface area contributed by atoms with E-state index in [1.165, 1.54) is 11.5 Å². The van der Waals surface area contributed by atoms with E-state index in [1.54, 1.807) is 0 Å². The van der Waals surface area contributed by atoms with Gasteiger partial charge in [-0.15, -0.1) is 0 Å². The van der Waals surface area contributed by atoms with E-state index in [1.807, 2.05) is 24.3 Å². The molecule has 0 saturated carbocycles. The molecule has 2 rings (SSSR count). The average Bonchev–Trinajstić information content (AvgIpc) is 2.34. The van der Waals surface area contributed by atoms with Gasteiger partial charge in [-0.25, -0.2) is 0 Å². The van der Waals surface area contributed by atoms with Gasteiger partial charge in [-0.1, -0.05) is 23.7 Å². The molecule has 0 unspecified atom stereocenters. The SMILES string of the molecule is O=c1[nH]sc2ccccc12.[Cl-].[Cl-].[Mn+2]. The zero-order valence-electron chi connectivity index (χ0n) is 6.26. The molecule has 2 nitrogen and oxygen atoms in total. The van der Waals surface area contributed by atoms with Gasteiger partial charge >= 0.3 is 17.1 Å². The fourth-order valence-corrected chi connectivity index (χ4v) is 1.63. The van der Waals surface area contributed by atoms with Gasteiger partial charge in [0.15, 0.2) is 0 Å². The third kappa shape index (κ3) is 3.01. The minimum atomic E-state index is 0.